The molecular weight excluding hydrogens is 483 g/mol. The predicted molar refractivity (Wildman–Crippen MR) is 123 cm³/mol. The molecule has 1 aliphatic rings. The third-order valence-corrected chi connectivity index (χ3v) is 5.81. The lowest BCUT2D eigenvalue weighted by Gasteiger charge is -2.17. The van der Waals surface area contributed by atoms with Crippen molar-refractivity contribution in [2.24, 2.45) is 4.99 Å². The van der Waals surface area contributed by atoms with E-state index in [1.54, 1.807) is 6.07 Å². The van der Waals surface area contributed by atoms with Gasteiger partial charge in [0.2, 0.25) is 10.0 Å². The second-order valence-electron chi connectivity index (χ2n) is 6.24. The molecule has 3 N–H and O–H groups in total. The van der Waals surface area contributed by atoms with E-state index in [0.717, 1.165) is 42.4 Å². The predicted octanol–water partition coefficient (Wildman–Crippen LogP) is 3.02. The largest absolute Gasteiger partial charge is 0.357 e. The highest BCUT2D eigenvalue weighted by molar-refractivity contribution is 14.0. The number of sulfonamides is 1. The van der Waals surface area contributed by atoms with Gasteiger partial charge in [-0.3, -0.25) is 4.72 Å². The van der Waals surface area contributed by atoms with Crippen molar-refractivity contribution in [3.8, 4) is 0 Å². The average Bonchev–Trinajstić information content (AvgIpc) is 3.00. The number of benzene rings is 1. The van der Waals surface area contributed by atoms with E-state index < -0.39 is 10.0 Å². The molecule has 1 saturated carbocycles. The number of aliphatic imine (C=N–C) groups is 1. The zero-order chi connectivity index (χ0) is 18.3. The lowest BCUT2D eigenvalue weighted by molar-refractivity contribution is 0.606. The molecule has 9 heteroatoms. The Hall–Kier alpha value is -0.680. The minimum atomic E-state index is -3.31. The summed E-state index contributed by atoms with van der Waals surface area (Å²) in [6.45, 7) is 3.23. The van der Waals surface area contributed by atoms with E-state index in [9.17, 15) is 8.42 Å². The zero-order valence-electron chi connectivity index (χ0n) is 15.5. The summed E-state index contributed by atoms with van der Waals surface area (Å²) in [4.78, 5) is 4.64. The molecule has 1 aromatic carbocycles. The molecule has 2 atom stereocenters. The Kier molecular flexibility index (Phi) is 10.1. The van der Waals surface area contributed by atoms with Gasteiger partial charge in [-0.1, -0.05) is 18.2 Å². The maximum absolute atomic E-state index is 11.5. The van der Waals surface area contributed by atoms with Gasteiger partial charge >= 0.3 is 0 Å². The van der Waals surface area contributed by atoms with Crippen LogP contribution in [0.15, 0.2) is 29.3 Å². The molecule has 0 spiro atoms. The molecule has 0 amide bonds. The van der Waals surface area contributed by atoms with Crippen LogP contribution in [0.1, 0.15) is 31.7 Å². The van der Waals surface area contributed by atoms with E-state index in [-0.39, 0.29) is 24.0 Å². The Morgan fingerprint density at radius 2 is 2.04 bits per heavy atom. The van der Waals surface area contributed by atoms with Crippen molar-refractivity contribution in [1.29, 1.82) is 0 Å². The van der Waals surface area contributed by atoms with Gasteiger partial charge < -0.3 is 10.6 Å². The number of anilines is 1. The molecular formula is C17H29IN4O2S2. The molecule has 148 valence electrons. The monoisotopic (exact) mass is 512 g/mol. The molecule has 2 rings (SSSR count). The van der Waals surface area contributed by atoms with Crippen molar-refractivity contribution in [1.82, 2.24) is 10.6 Å². The number of para-hydroxylation sites is 1. The second kappa shape index (κ2) is 11.2. The Labute approximate surface area is 178 Å². The zero-order valence-corrected chi connectivity index (χ0v) is 19.5. The molecule has 26 heavy (non-hydrogen) atoms. The van der Waals surface area contributed by atoms with Crippen molar-refractivity contribution in [3.63, 3.8) is 0 Å². The highest BCUT2D eigenvalue weighted by atomic mass is 127. The minimum Gasteiger partial charge on any atom is -0.357 e. The van der Waals surface area contributed by atoms with Crippen LogP contribution in [0.2, 0.25) is 0 Å². The van der Waals surface area contributed by atoms with Crippen LogP contribution in [-0.2, 0) is 16.6 Å². The van der Waals surface area contributed by atoms with Gasteiger partial charge in [0.15, 0.2) is 5.96 Å². The van der Waals surface area contributed by atoms with Gasteiger partial charge in [0, 0.05) is 17.8 Å². The smallest absolute Gasteiger partial charge is 0.229 e. The summed E-state index contributed by atoms with van der Waals surface area (Å²) in [6.07, 6.45) is 6.86. The van der Waals surface area contributed by atoms with Crippen molar-refractivity contribution < 1.29 is 8.42 Å². The average molecular weight is 512 g/mol. The quantitative estimate of drug-likeness (QED) is 0.297. The fraction of sp³-hybridized carbons (Fsp3) is 0.588. The molecule has 0 aromatic heterocycles. The standard InChI is InChI=1S/C17H28N4O2S2.HI/c1-4-18-17(20-14-9-10-15(11-14)24-2)19-12-13-7-5-6-8-16(13)21-25(3,22)23;/h5-8,14-15,21H,4,9-12H2,1-3H3,(H2,18,19,20);1H. The summed E-state index contributed by atoms with van der Waals surface area (Å²) < 4.78 is 25.6. The topological polar surface area (TPSA) is 82.6 Å². The van der Waals surface area contributed by atoms with Crippen LogP contribution in [-0.4, -0.2) is 44.7 Å². The number of thioether (sulfide) groups is 1. The third kappa shape index (κ3) is 7.91. The first-order chi connectivity index (χ1) is 11.9. The number of hydrogen-bond donors (Lipinski definition) is 3. The van der Waals surface area contributed by atoms with E-state index >= 15 is 0 Å². The molecule has 1 aromatic rings. The first-order valence-corrected chi connectivity index (χ1v) is 11.7. The SMILES string of the molecule is CCNC(=NCc1ccccc1NS(C)(=O)=O)NC1CCC(SC)C1.I. The van der Waals surface area contributed by atoms with Gasteiger partial charge in [-0.05, 0) is 44.1 Å². The van der Waals surface area contributed by atoms with E-state index in [1.165, 1.54) is 6.42 Å². The summed E-state index contributed by atoms with van der Waals surface area (Å²) in [5.41, 5.74) is 1.42. The van der Waals surface area contributed by atoms with Crippen LogP contribution >= 0.6 is 35.7 Å². The lowest BCUT2D eigenvalue weighted by atomic mass is 10.2. The number of rotatable bonds is 7. The first kappa shape index (κ1) is 23.4. The summed E-state index contributed by atoms with van der Waals surface area (Å²) in [5.74, 6) is 0.781. The van der Waals surface area contributed by atoms with Crippen LogP contribution in [0, 0.1) is 0 Å². The molecule has 2 unspecified atom stereocenters. The van der Waals surface area contributed by atoms with Crippen LogP contribution < -0.4 is 15.4 Å². The summed E-state index contributed by atoms with van der Waals surface area (Å²) >= 11 is 1.93. The van der Waals surface area contributed by atoms with Gasteiger partial charge in [0.05, 0.1) is 18.5 Å². The van der Waals surface area contributed by atoms with Gasteiger partial charge in [-0.2, -0.15) is 11.8 Å². The van der Waals surface area contributed by atoms with E-state index in [1.807, 2.05) is 36.9 Å². The molecule has 0 heterocycles. The molecule has 0 radical (unpaired) electrons. The molecule has 0 bridgehead atoms. The second-order valence-corrected chi connectivity index (χ2v) is 9.13. The normalized spacial score (nSPS) is 20.3. The van der Waals surface area contributed by atoms with Crippen LogP contribution in [0.5, 0.6) is 0 Å². The van der Waals surface area contributed by atoms with Gasteiger partial charge in [0.25, 0.3) is 0 Å². The van der Waals surface area contributed by atoms with E-state index in [2.05, 4.69) is 26.6 Å². The van der Waals surface area contributed by atoms with Crippen LogP contribution in [0.4, 0.5) is 5.69 Å². The molecule has 6 nitrogen and oxygen atoms in total. The highest BCUT2D eigenvalue weighted by Gasteiger charge is 2.24. The number of hydrogen-bond acceptors (Lipinski definition) is 4. The number of guanidine groups is 1. The van der Waals surface area contributed by atoms with E-state index in [4.69, 9.17) is 0 Å². The van der Waals surface area contributed by atoms with E-state index in [0.29, 0.717) is 18.3 Å². The van der Waals surface area contributed by atoms with Crippen molar-refractivity contribution in [2.75, 3.05) is 23.8 Å². The molecule has 1 fully saturated rings. The van der Waals surface area contributed by atoms with Crippen molar-refractivity contribution in [3.05, 3.63) is 29.8 Å². The first-order valence-electron chi connectivity index (χ1n) is 8.54. The Morgan fingerprint density at radius 1 is 1.31 bits per heavy atom. The fourth-order valence-electron chi connectivity index (χ4n) is 2.92. The number of nitrogens with one attached hydrogen (secondary N) is 3. The van der Waals surface area contributed by atoms with Crippen LogP contribution in [0.3, 0.4) is 0 Å². The van der Waals surface area contributed by atoms with Gasteiger partial charge in [-0.25, -0.2) is 13.4 Å². The molecule has 1 aliphatic carbocycles. The Morgan fingerprint density at radius 3 is 2.65 bits per heavy atom. The Bertz CT molecular complexity index is 698. The van der Waals surface area contributed by atoms with Crippen molar-refractivity contribution in [2.45, 2.75) is 44.0 Å². The van der Waals surface area contributed by atoms with Gasteiger partial charge in [-0.15, -0.1) is 24.0 Å². The van der Waals surface area contributed by atoms with Crippen molar-refractivity contribution >= 4 is 57.4 Å². The van der Waals surface area contributed by atoms with Gasteiger partial charge in [0.1, 0.15) is 0 Å². The lowest BCUT2D eigenvalue weighted by Crippen LogP contribution is -2.42. The maximum Gasteiger partial charge on any atom is 0.229 e. The minimum absolute atomic E-state index is 0. The molecule has 0 aliphatic heterocycles. The molecule has 0 saturated heterocycles. The third-order valence-electron chi connectivity index (χ3n) is 4.12. The highest BCUT2D eigenvalue weighted by Crippen LogP contribution is 2.28. The number of nitrogens with zero attached hydrogens (tertiary/aromatic N) is 1. The summed E-state index contributed by atoms with van der Waals surface area (Å²) in [7, 11) is -3.31. The number of halogens is 1. The fourth-order valence-corrected chi connectivity index (χ4v) is 4.32. The summed E-state index contributed by atoms with van der Waals surface area (Å²) in [6, 6.07) is 7.79. The maximum atomic E-state index is 11.5. The summed E-state index contributed by atoms with van der Waals surface area (Å²) in [5, 5.41) is 7.50. The Balaban J connectivity index is 0.00000338. The van der Waals surface area contributed by atoms with Crippen LogP contribution in [0.25, 0.3) is 0 Å².